The van der Waals surface area contributed by atoms with Gasteiger partial charge in [0.1, 0.15) is 22.3 Å². The molecular formula is C22H34ClN5O2. The van der Waals surface area contributed by atoms with Gasteiger partial charge < -0.3 is 14.6 Å². The van der Waals surface area contributed by atoms with Crippen molar-refractivity contribution in [3.8, 4) is 11.4 Å². The van der Waals surface area contributed by atoms with Crippen LogP contribution in [0.15, 0.2) is 4.52 Å². The first-order chi connectivity index (χ1) is 14.5. The maximum absolute atomic E-state index is 6.70. The minimum Gasteiger partial charge on any atom is -0.376 e. The number of nitrogens with one attached hydrogen (secondary N) is 1. The second-order valence-corrected chi connectivity index (χ2v) is 9.40. The van der Waals surface area contributed by atoms with Crippen LogP contribution in [0.3, 0.4) is 0 Å². The van der Waals surface area contributed by atoms with E-state index in [9.17, 15) is 0 Å². The number of fused-ring (bicyclic) bond motifs is 1. The SMILES string of the molecule is CC(C)CCNC1CCCCN(Cc2c(-c3noc4c3COCC4)nn(C)c2Cl)C1. The van der Waals surface area contributed by atoms with Crippen molar-refractivity contribution in [1.82, 2.24) is 25.2 Å². The fourth-order valence-corrected chi connectivity index (χ4v) is 4.61. The molecule has 166 valence electrons. The van der Waals surface area contributed by atoms with Crippen LogP contribution in [0.25, 0.3) is 11.4 Å². The quantitative estimate of drug-likeness (QED) is 0.713. The zero-order valence-corrected chi connectivity index (χ0v) is 19.2. The number of hydrogen-bond acceptors (Lipinski definition) is 6. The Morgan fingerprint density at radius 2 is 2.13 bits per heavy atom. The van der Waals surface area contributed by atoms with E-state index in [4.69, 9.17) is 26.0 Å². The van der Waals surface area contributed by atoms with Crippen LogP contribution < -0.4 is 5.32 Å². The Morgan fingerprint density at radius 1 is 1.27 bits per heavy atom. The largest absolute Gasteiger partial charge is 0.376 e. The van der Waals surface area contributed by atoms with Crippen LogP contribution in [-0.4, -0.2) is 52.1 Å². The lowest BCUT2D eigenvalue weighted by Gasteiger charge is -2.25. The van der Waals surface area contributed by atoms with Crippen LogP contribution >= 0.6 is 11.6 Å². The van der Waals surface area contributed by atoms with Gasteiger partial charge in [0.25, 0.3) is 0 Å². The van der Waals surface area contributed by atoms with Crippen LogP contribution in [0.1, 0.15) is 56.4 Å². The Hall–Kier alpha value is -1.41. The fourth-order valence-electron chi connectivity index (χ4n) is 4.42. The lowest BCUT2D eigenvalue weighted by atomic mass is 10.1. The Morgan fingerprint density at radius 3 is 2.97 bits per heavy atom. The Kier molecular flexibility index (Phi) is 7.13. The Labute approximate surface area is 184 Å². The van der Waals surface area contributed by atoms with E-state index in [1.54, 1.807) is 4.68 Å². The number of halogens is 1. The molecule has 1 N–H and O–H groups in total. The van der Waals surface area contributed by atoms with Crippen molar-refractivity contribution < 1.29 is 9.26 Å². The van der Waals surface area contributed by atoms with Gasteiger partial charge in [-0.05, 0) is 38.3 Å². The average molecular weight is 436 g/mol. The molecule has 0 aromatic carbocycles. The highest BCUT2D eigenvalue weighted by Crippen LogP contribution is 2.34. The minimum atomic E-state index is 0.521. The van der Waals surface area contributed by atoms with Crippen molar-refractivity contribution in [3.63, 3.8) is 0 Å². The highest BCUT2D eigenvalue weighted by Gasteiger charge is 2.28. The fraction of sp³-hybridized carbons (Fsp3) is 0.727. The van der Waals surface area contributed by atoms with Gasteiger partial charge in [-0.3, -0.25) is 9.58 Å². The van der Waals surface area contributed by atoms with E-state index in [1.807, 2.05) is 7.05 Å². The molecule has 4 rings (SSSR count). The molecule has 2 aromatic heterocycles. The topological polar surface area (TPSA) is 68.3 Å². The van der Waals surface area contributed by atoms with Crippen LogP contribution in [0, 0.1) is 5.92 Å². The summed E-state index contributed by atoms with van der Waals surface area (Å²) in [4.78, 5) is 2.51. The molecule has 1 atom stereocenters. The van der Waals surface area contributed by atoms with Crippen LogP contribution in [0.4, 0.5) is 0 Å². The third kappa shape index (κ3) is 4.90. The van der Waals surface area contributed by atoms with Crippen LogP contribution in [-0.2, 0) is 31.4 Å². The molecule has 1 unspecified atom stereocenters. The molecule has 4 heterocycles. The number of aromatic nitrogens is 3. The number of nitrogens with zero attached hydrogens (tertiary/aromatic N) is 4. The Bertz CT molecular complexity index is 847. The lowest BCUT2D eigenvalue weighted by molar-refractivity contribution is 0.103. The molecule has 8 heteroatoms. The summed E-state index contributed by atoms with van der Waals surface area (Å²) in [6, 6.07) is 0.526. The van der Waals surface area contributed by atoms with Gasteiger partial charge >= 0.3 is 0 Å². The van der Waals surface area contributed by atoms with Crippen LogP contribution in [0.2, 0.25) is 5.15 Å². The van der Waals surface area contributed by atoms with E-state index in [-0.39, 0.29) is 0 Å². The summed E-state index contributed by atoms with van der Waals surface area (Å²) in [5, 5.41) is 13.5. The second-order valence-electron chi connectivity index (χ2n) is 9.04. The highest BCUT2D eigenvalue weighted by molar-refractivity contribution is 6.30. The predicted octanol–water partition coefficient (Wildman–Crippen LogP) is 3.79. The summed E-state index contributed by atoms with van der Waals surface area (Å²) in [5.74, 6) is 1.64. The summed E-state index contributed by atoms with van der Waals surface area (Å²) in [5.41, 5.74) is 3.65. The molecule has 1 saturated heterocycles. The number of likely N-dealkylation sites (tertiary alicyclic amines) is 1. The van der Waals surface area contributed by atoms with Crippen molar-refractivity contribution in [2.75, 3.05) is 26.2 Å². The van der Waals surface area contributed by atoms with E-state index in [1.165, 1.54) is 25.7 Å². The van der Waals surface area contributed by atoms with Gasteiger partial charge in [-0.2, -0.15) is 5.10 Å². The summed E-state index contributed by atoms with van der Waals surface area (Å²) in [7, 11) is 1.89. The molecule has 2 aromatic rings. The normalized spacial score (nSPS) is 20.5. The average Bonchev–Trinajstić information content (AvgIpc) is 3.17. The van der Waals surface area contributed by atoms with Gasteiger partial charge in [-0.25, -0.2) is 0 Å². The maximum atomic E-state index is 6.70. The molecule has 0 radical (unpaired) electrons. The summed E-state index contributed by atoms with van der Waals surface area (Å²) >= 11 is 6.70. The molecule has 1 fully saturated rings. The van der Waals surface area contributed by atoms with Crippen molar-refractivity contribution in [2.24, 2.45) is 13.0 Å². The van der Waals surface area contributed by atoms with Gasteiger partial charge in [0.05, 0.1) is 18.8 Å². The molecule has 0 bridgehead atoms. The third-order valence-corrected chi connectivity index (χ3v) is 6.65. The Balaban J connectivity index is 1.52. The first-order valence-electron chi connectivity index (χ1n) is 11.3. The van der Waals surface area contributed by atoms with E-state index < -0.39 is 0 Å². The van der Waals surface area contributed by atoms with Gasteiger partial charge in [0, 0.05) is 38.2 Å². The molecule has 7 nitrogen and oxygen atoms in total. The number of rotatable bonds is 7. The predicted molar refractivity (Wildman–Crippen MR) is 117 cm³/mol. The number of ether oxygens (including phenoxy) is 1. The smallest absolute Gasteiger partial charge is 0.145 e. The number of aryl methyl sites for hydroxylation is 1. The molecule has 2 aliphatic rings. The standard InChI is InChI=1S/C22H34ClN5O2/c1-15(2)7-9-24-16-6-4-5-10-28(12-16)13-17-20(25-27(3)22(17)23)21-18-14-29-11-8-19(18)30-26-21/h15-16,24H,4-14H2,1-3H3. The van der Waals surface area contributed by atoms with Crippen LogP contribution in [0.5, 0.6) is 0 Å². The van der Waals surface area contributed by atoms with Crippen molar-refractivity contribution in [2.45, 2.75) is 65.1 Å². The van der Waals surface area contributed by atoms with Crippen molar-refractivity contribution >= 4 is 11.6 Å². The molecule has 0 spiro atoms. The van der Waals surface area contributed by atoms with Gasteiger partial charge in [-0.1, -0.05) is 37.0 Å². The van der Waals surface area contributed by atoms with Crippen molar-refractivity contribution in [3.05, 3.63) is 22.0 Å². The zero-order valence-electron chi connectivity index (χ0n) is 18.4. The third-order valence-electron chi connectivity index (χ3n) is 6.17. The molecule has 0 aliphatic carbocycles. The van der Waals surface area contributed by atoms with Gasteiger partial charge in [0.15, 0.2) is 0 Å². The summed E-state index contributed by atoms with van der Waals surface area (Å²) in [6.07, 6.45) is 5.68. The van der Waals surface area contributed by atoms with E-state index in [2.05, 4.69) is 29.2 Å². The minimum absolute atomic E-state index is 0.521. The van der Waals surface area contributed by atoms with E-state index in [0.717, 1.165) is 66.8 Å². The maximum Gasteiger partial charge on any atom is 0.145 e. The molecule has 0 amide bonds. The van der Waals surface area contributed by atoms with Gasteiger partial charge in [0.2, 0.25) is 0 Å². The van der Waals surface area contributed by atoms with Gasteiger partial charge in [-0.15, -0.1) is 0 Å². The molecule has 2 aliphatic heterocycles. The molecule has 0 saturated carbocycles. The second kappa shape index (κ2) is 9.81. The first-order valence-corrected chi connectivity index (χ1v) is 11.6. The zero-order chi connectivity index (χ0) is 21.1. The monoisotopic (exact) mass is 435 g/mol. The lowest BCUT2D eigenvalue weighted by Crippen LogP contribution is -2.40. The highest BCUT2D eigenvalue weighted by atomic mass is 35.5. The van der Waals surface area contributed by atoms with Crippen molar-refractivity contribution in [1.29, 1.82) is 0 Å². The first kappa shape index (κ1) is 21.8. The summed E-state index contributed by atoms with van der Waals surface area (Å²) < 4.78 is 13.0. The summed E-state index contributed by atoms with van der Waals surface area (Å²) in [6.45, 7) is 9.72. The molecular weight excluding hydrogens is 402 g/mol. The number of hydrogen-bond donors (Lipinski definition) is 1. The van der Waals surface area contributed by atoms with E-state index >= 15 is 0 Å². The van der Waals surface area contributed by atoms with E-state index in [0.29, 0.717) is 24.4 Å². The molecule has 30 heavy (non-hydrogen) atoms.